The van der Waals surface area contributed by atoms with Crippen molar-refractivity contribution >= 4 is 38.6 Å². The molecule has 2 nitrogen and oxygen atoms in total. The molecule has 1 heterocycles. The summed E-state index contributed by atoms with van der Waals surface area (Å²) in [5, 5.41) is 0. The molecule has 0 saturated carbocycles. The van der Waals surface area contributed by atoms with Gasteiger partial charge in [0.15, 0.2) is 0 Å². The lowest BCUT2D eigenvalue weighted by atomic mass is 10.1. The van der Waals surface area contributed by atoms with Crippen molar-refractivity contribution in [2.75, 3.05) is 0 Å². The Morgan fingerprint density at radius 2 is 1.90 bits per heavy atom. The Morgan fingerprint density at radius 1 is 1.19 bits per heavy atom. The van der Waals surface area contributed by atoms with E-state index in [0.717, 1.165) is 21.3 Å². The molecule has 3 aromatic rings. The van der Waals surface area contributed by atoms with Crippen LogP contribution in [0, 0.1) is 6.92 Å². The molecule has 0 amide bonds. The summed E-state index contributed by atoms with van der Waals surface area (Å²) in [6, 6.07) is 14.9. The van der Waals surface area contributed by atoms with Gasteiger partial charge in [-0.3, -0.25) is 0 Å². The van der Waals surface area contributed by atoms with Crippen molar-refractivity contribution in [1.82, 2.24) is 9.55 Å². The van der Waals surface area contributed by atoms with Crippen LogP contribution in [0.2, 0.25) is 0 Å². The number of imidazole rings is 1. The fourth-order valence-corrected chi connectivity index (χ4v) is 3.12. The Kier molecular flexibility index (Phi) is 4.05. The first-order chi connectivity index (χ1) is 10.1. The molecule has 108 valence electrons. The molecule has 0 radical (unpaired) electrons. The molecule has 4 heteroatoms. The fraction of sp³-hybridized carbons (Fsp3) is 0.235. The number of hydrogen-bond acceptors (Lipinski definition) is 1. The van der Waals surface area contributed by atoms with E-state index >= 15 is 0 Å². The maximum Gasteiger partial charge on any atom is 0.125 e. The summed E-state index contributed by atoms with van der Waals surface area (Å²) in [7, 11) is 0. The summed E-state index contributed by atoms with van der Waals surface area (Å²) in [6.07, 6.45) is 0. The minimum Gasteiger partial charge on any atom is -0.320 e. The molecule has 1 atom stereocenters. The number of benzene rings is 2. The molecule has 1 aromatic heterocycles. The van der Waals surface area contributed by atoms with Crippen molar-refractivity contribution in [2.45, 2.75) is 25.8 Å². The van der Waals surface area contributed by atoms with Gasteiger partial charge in [0, 0.05) is 4.47 Å². The average molecular weight is 364 g/mol. The van der Waals surface area contributed by atoms with Gasteiger partial charge in [0.25, 0.3) is 0 Å². The Morgan fingerprint density at radius 3 is 2.57 bits per heavy atom. The molecule has 3 rings (SSSR count). The van der Waals surface area contributed by atoms with E-state index in [-0.39, 0.29) is 6.04 Å². The van der Waals surface area contributed by atoms with Crippen LogP contribution >= 0.6 is 27.5 Å². The summed E-state index contributed by atoms with van der Waals surface area (Å²) >= 11 is 9.59. The summed E-state index contributed by atoms with van der Waals surface area (Å²) in [5.41, 5.74) is 4.61. The lowest BCUT2D eigenvalue weighted by Crippen LogP contribution is -2.09. The lowest BCUT2D eigenvalue weighted by Gasteiger charge is -2.18. The third kappa shape index (κ3) is 2.72. The van der Waals surface area contributed by atoms with Gasteiger partial charge in [-0.05, 0) is 49.2 Å². The molecule has 0 aliphatic carbocycles. The monoisotopic (exact) mass is 362 g/mol. The highest BCUT2D eigenvalue weighted by atomic mass is 79.9. The maximum absolute atomic E-state index is 6.11. The number of nitrogens with zero attached hydrogens (tertiary/aromatic N) is 2. The Labute approximate surface area is 137 Å². The van der Waals surface area contributed by atoms with E-state index < -0.39 is 0 Å². The van der Waals surface area contributed by atoms with E-state index in [1.165, 1.54) is 11.1 Å². The summed E-state index contributed by atoms with van der Waals surface area (Å²) < 4.78 is 3.32. The zero-order valence-electron chi connectivity index (χ0n) is 12.0. The number of alkyl halides is 1. The quantitative estimate of drug-likeness (QED) is 0.565. The van der Waals surface area contributed by atoms with Crippen LogP contribution in [0.3, 0.4) is 0 Å². The van der Waals surface area contributed by atoms with Gasteiger partial charge in [-0.25, -0.2) is 4.98 Å². The minimum atomic E-state index is 0.193. The molecule has 1 unspecified atom stereocenters. The Bertz CT molecular complexity index is 777. The minimum absolute atomic E-state index is 0.193. The smallest absolute Gasteiger partial charge is 0.125 e. The van der Waals surface area contributed by atoms with Crippen molar-refractivity contribution in [1.29, 1.82) is 0 Å². The predicted octanol–water partition coefficient (Wildman–Crippen LogP) is 5.46. The van der Waals surface area contributed by atoms with Crippen molar-refractivity contribution in [3.63, 3.8) is 0 Å². The number of fused-ring (bicyclic) bond motifs is 1. The molecule has 0 aliphatic rings. The first-order valence-corrected chi connectivity index (χ1v) is 8.22. The zero-order valence-corrected chi connectivity index (χ0v) is 14.3. The van der Waals surface area contributed by atoms with Gasteiger partial charge in [0.1, 0.15) is 5.82 Å². The highest BCUT2D eigenvalue weighted by Crippen LogP contribution is 2.28. The van der Waals surface area contributed by atoms with Crippen LogP contribution in [-0.4, -0.2) is 9.55 Å². The molecule has 0 fully saturated rings. The molecule has 0 saturated heterocycles. The van der Waals surface area contributed by atoms with Crippen LogP contribution in [0.5, 0.6) is 0 Å². The molecule has 2 aromatic carbocycles. The largest absolute Gasteiger partial charge is 0.320 e. The zero-order chi connectivity index (χ0) is 15.0. The molecule has 0 N–H and O–H groups in total. The van der Waals surface area contributed by atoms with Crippen LogP contribution in [-0.2, 0) is 5.88 Å². The van der Waals surface area contributed by atoms with Crippen molar-refractivity contribution in [3.8, 4) is 0 Å². The van der Waals surface area contributed by atoms with Crippen molar-refractivity contribution in [2.24, 2.45) is 0 Å². The second-order valence-corrected chi connectivity index (χ2v) is 6.43. The van der Waals surface area contributed by atoms with Crippen LogP contribution in [0.1, 0.15) is 29.9 Å². The van der Waals surface area contributed by atoms with Crippen LogP contribution in [0.25, 0.3) is 11.0 Å². The third-order valence-electron chi connectivity index (χ3n) is 3.78. The topological polar surface area (TPSA) is 17.8 Å². The second kappa shape index (κ2) is 5.82. The molecule has 21 heavy (non-hydrogen) atoms. The van der Waals surface area contributed by atoms with E-state index in [0.29, 0.717) is 5.88 Å². The standard InChI is InChI=1S/C17H16BrClN2/c1-11-3-8-15-16(9-11)21(17(10-19)20-15)12(2)13-4-6-14(18)7-5-13/h3-9,12H,10H2,1-2H3. The molecule has 0 aliphatic heterocycles. The van der Waals surface area contributed by atoms with E-state index in [2.05, 4.69) is 81.8 Å². The number of hydrogen-bond donors (Lipinski definition) is 0. The Balaban J connectivity index is 2.17. The lowest BCUT2D eigenvalue weighted by molar-refractivity contribution is 0.634. The summed E-state index contributed by atoms with van der Waals surface area (Å²) in [5.74, 6) is 1.32. The summed E-state index contributed by atoms with van der Waals surface area (Å²) in [6.45, 7) is 4.28. The SMILES string of the molecule is Cc1ccc2nc(CCl)n(C(C)c3ccc(Br)cc3)c2c1. The molecule has 0 bridgehead atoms. The van der Waals surface area contributed by atoms with Crippen molar-refractivity contribution < 1.29 is 0 Å². The normalized spacial score (nSPS) is 12.8. The molecule has 0 spiro atoms. The van der Waals surface area contributed by atoms with Gasteiger partial charge in [-0.2, -0.15) is 0 Å². The summed E-state index contributed by atoms with van der Waals surface area (Å²) in [4.78, 5) is 4.66. The fourth-order valence-electron chi connectivity index (χ4n) is 2.67. The van der Waals surface area contributed by atoms with E-state index in [1.54, 1.807) is 0 Å². The van der Waals surface area contributed by atoms with Crippen LogP contribution < -0.4 is 0 Å². The highest BCUT2D eigenvalue weighted by molar-refractivity contribution is 9.10. The number of aromatic nitrogens is 2. The van der Waals surface area contributed by atoms with Gasteiger partial charge >= 0.3 is 0 Å². The third-order valence-corrected chi connectivity index (χ3v) is 4.54. The first kappa shape index (κ1) is 14.6. The average Bonchev–Trinajstić information content (AvgIpc) is 2.85. The van der Waals surface area contributed by atoms with Gasteiger partial charge in [0.05, 0.1) is 23.0 Å². The van der Waals surface area contributed by atoms with Gasteiger partial charge < -0.3 is 4.57 Å². The van der Waals surface area contributed by atoms with E-state index in [9.17, 15) is 0 Å². The Hall–Kier alpha value is -1.32. The van der Waals surface area contributed by atoms with E-state index in [1.807, 2.05) is 0 Å². The maximum atomic E-state index is 6.11. The first-order valence-electron chi connectivity index (χ1n) is 6.89. The van der Waals surface area contributed by atoms with E-state index in [4.69, 9.17) is 11.6 Å². The van der Waals surface area contributed by atoms with Crippen LogP contribution in [0.15, 0.2) is 46.9 Å². The molecular weight excluding hydrogens is 348 g/mol. The second-order valence-electron chi connectivity index (χ2n) is 5.25. The number of rotatable bonds is 3. The van der Waals surface area contributed by atoms with Gasteiger partial charge in [-0.15, -0.1) is 11.6 Å². The van der Waals surface area contributed by atoms with Gasteiger partial charge in [-0.1, -0.05) is 34.1 Å². The predicted molar refractivity (Wildman–Crippen MR) is 92.0 cm³/mol. The number of halogens is 2. The molecular formula is C17H16BrClN2. The van der Waals surface area contributed by atoms with Gasteiger partial charge in [0.2, 0.25) is 0 Å². The van der Waals surface area contributed by atoms with Crippen LogP contribution in [0.4, 0.5) is 0 Å². The number of aryl methyl sites for hydroxylation is 1. The highest BCUT2D eigenvalue weighted by Gasteiger charge is 2.16. The van der Waals surface area contributed by atoms with Crippen molar-refractivity contribution in [3.05, 3.63) is 63.9 Å².